The van der Waals surface area contributed by atoms with Gasteiger partial charge in [0.2, 0.25) is 12.3 Å². The van der Waals surface area contributed by atoms with E-state index in [0.29, 0.717) is 12.8 Å². The molecule has 53 heavy (non-hydrogen) atoms. The number of aliphatic hydroxyl groups is 6. The first kappa shape index (κ1) is 46.4. The monoisotopic (exact) mass is 764 g/mol. The van der Waals surface area contributed by atoms with Gasteiger partial charge in [0, 0.05) is 11.8 Å². The lowest BCUT2D eigenvalue weighted by atomic mass is 9.34. The van der Waals surface area contributed by atoms with Crippen molar-refractivity contribution >= 4 is 5.91 Å². The normalized spacial score (nSPS) is 29.7. The zero-order valence-electron chi connectivity index (χ0n) is 32.7. The van der Waals surface area contributed by atoms with Crippen molar-refractivity contribution in [3.63, 3.8) is 0 Å². The summed E-state index contributed by atoms with van der Waals surface area (Å²) in [4.78, 5) is 13.0. The summed E-state index contributed by atoms with van der Waals surface area (Å²) in [6.07, 6.45) is 14.1. The summed E-state index contributed by atoms with van der Waals surface area (Å²) in [6, 6.07) is -1.02. The second-order valence-electron chi connectivity index (χ2n) is 17.0. The maximum atomic E-state index is 13.0. The Bertz CT molecular complexity index is 971. The van der Waals surface area contributed by atoms with Crippen molar-refractivity contribution in [3.05, 3.63) is 0 Å². The second kappa shape index (κ2) is 24.6. The number of carbonyl (C=O) groups is 1. The largest absolute Gasteiger partial charge is 0.394 e. The van der Waals surface area contributed by atoms with E-state index in [4.69, 9.17) is 9.47 Å². The summed E-state index contributed by atoms with van der Waals surface area (Å²) in [6.45, 7) is 1.28. The lowest BCUT2D eigenvalue weighted by Gasteiger charge is -2.70. The van der Waals surface area contributed by atoms with E-state index in [0.717, 1.165) is 96.3 Å². The Morgan fingerprint density at radius 1 is 0.755 bits per heavy atom. The van der Waals surface area contributed by atoms with E-state index >= 15 is 0 Å². The zero-order chi connectivity index (χ0) is 38.7. The number of unbranched alkanes of at least 4 members (excludes halogenated alkanes) is 18. The van der Waals surface area contributed by atoms with Gasteiger partial charge in [0.05, 0.1) is 25.4 Å². The predicted molar refractivity (Wildman–Crippen MR) is 200 cm³/mol. The molecule has 1 heterocycles. The molecule has 6 unspecified atom stereocenters. The average molecular weight is 764 g/mol. The minimum atomic E-state index is -2.16. The second-order valence-corrected chi connectivity index (χ2v) is 17.0. The number of amides is 1. The van der Waals surface area contributed by atoms with Gasteiger partial charge in [0.15, 0.2) is 6.29 Å². The van der Waals surface area contributed by atoms with Crippen LogP contribution in [0.25, 0.3) is 0 Å². The van der Waals surface area contributed by atoms with Crippen LogP contribution in [0.2, 0.25) is 0 Å². The van der Waals surface area contributed by atoms with Crippen LogP contribution in [0.4, 0.5) is 8.78 Å². The molecule has 0 aromatic heterocycles. The smallest absolute Gasteiger partial charge is 0.244 e. The molecule has 3 saturated carbocycles. The molecule has 4 fully saturated rings. The van der Waals surface area contributed by atoms with Crippen LogP contribution in [0.15, 0.2) is 0 Å². The highest BCUT2D eigenvalue weighted by molar-refractivity contribution is 5.76. The molecule has 3 aliphatic carbocycles. The average Bonchev–Trinajstić information content (AvgIpc) is 3.10. The molecule has 312 valence electrons. The molecule has 2 bridgehead atoms. The molecule has 4 aliphatic rings. The van der Waals surface area contributed by atoms with Crippen LogP contribution < -0.4 is 5.32 Å². The standard InChI is InChI=1S/C41H75F2NO9/c1-2-3-4-5-6-7-8-9-10-13-16-19-22-31(46)34(48)30(26-52-38-37(51)36(50)35(49)32(25-45)53-38)44-33(47)23-20-17-14-11-12-15-18-21-24-40-27-41(28-40,29-40)39(42)43/h30-32,34-39,45-46,48-51H,2-29H2,1H3,(H,44,47)/t30-,31+,32?,34?,35?,36?,37?,38?,40?,41?/m0/s1. The molecule has 1 aliphatic heterocycles. The van der Waals surface area contributed by atoms with Crippen LogP contribution in [-0.2, 0) is 14.3 Å². The molecular formula is C41H75F2NO9. The Morgan fingerprint density at radius 3 is 1.79 bits per heavy atom. The number of rotatable bonds is 32. The van der Waals surface area contributed by atoms with Crippen LogP contribution in [0.5, 0.6) is 0 Å². The zero-order valence-corrected chi connectivity index (χ0v) is 32.7. The first-order valence-electron chi connectivity index (χ1n) is 21.3. The fourth-order valence-electron chi connectivity index (χ4n) is 8.97. The van der Waals surface area contributed by atoms with Gasteiger partial charge >= 0.3 is 0 Å². The molecule has 7 N–H and O–H groups in total. The van der Waals surface area contributed by atoms with Crippen molar-refractivity contribution < 1.29 is 53.7 Å². The van der Waals surface area contributed by atoms with Gasteiger partial charge in [0.25, 0.3) is 0 Å². The first-order chi connectivity index (χ1) is 25.5. The van der Waals surface area contributed by atoms with Crippen LogP contribution in [-0.4, -0.2) is 105 Å². The number of hydrogen-bond acceptors (Lipinski definition) is 9. The van der Waals surface area contributed by atoms with E-state index in [1.807, 2.05) is 0 Å². The van der Waals surface area contributed by atoms with Crippen molar-refractivity contribution in [2.75, 3.05) is 13.2 Å². The Hall–Kier alpha value is -0.990. The quantitative estimate of drug-likeness (QED) is 0.0382. The topological polar surface area (TPSA) is 169 Å². The molecule has 12 heteroatoms. The van der Waals surface area contributed by atoms with Gasteiger partial charge in [0.1, 0.15) is 30.5 Å². The van der Waals surface area contributed by atoms with Gasteiger partial charge in [-0.1, -0.05) is 129 Å². The Balaban J connectivity index is 1.32. The number of aliphatic hydroxyl groups excluding tert-OH is 6. The van der Waals surface area contributed by atoms with Gasteiger partial charge in [-0.15, -0.1) is 0 Å². The van der Waals surface area contributed by atoms with Crippen molar-refractivity contribution in [3.8, 4) is 0 Å². The third-order valence-electron chi connectivity index (χ3n) is 12.3. The van der Waals surface area contributed by atoms with Gasteiger partial charge in [-0.25, -0.2) is 8.78 Å². The Labute approximate surface area is 317 Å². The van der Waals surface area contributed by atoms with E-state index in [2.05, 4.69) is 12.2 Å². The van der Waals surface area contributed by atoms with Gasteiger partial charge in [-0.05, 0) is 43.9 Å². The molecule has 0 spiro atoms. The van der Waals surface area contributed by atoms with E-state index in [1.165, 1.54) is 51.4 Å². The highest BCUT2D eigenvalue weighted by Crippen LogP contribution is 2.77. The van der Waals surface area contributed by atoms with Crippen LogP contribution >= 0.6 is 0 Å². The van der Waals surface area contributed by atoms with Crippen molar-refractivity contribution in [1.82, 2.24) is 5.32 Å². The highest BCUT2D eigenvalue weighted by atomic mass is 19.3. The predicted octanol–water partition coefficient (Wildman–Crippen LogP) is 6.44. The van der Waals surface area contributed by atoms with Gasteiger partial charge < -0.3 is 45.4 Å². The summed E-state index contributed by atoms with van der Waals surface area (Å²) in [7, 11) is 0. The molecule has 4 rings (SSSR count). The summed E-state index contributed by atoms with van der Waals surface area (Å²) in [5, 5.41) is 64.9. The Morgan fingerprint density at radius 2 is 1.26 bits per heavy atom. The Kier molecular flexibility index (Phi) is 21.5. The summed E-state index contributed by atoms with van der Waals surface area (Å²) >= 11 is 0. The van der Waals surface area contributed by atoms with E-state index in [9.17, 15) is 44.2 Å². The lowest BCUT2D eigenvalue weighted by molar-refractivity contribution is -0.303. The molecule has 0 aromatic carbocycles. The lowest BCUT2D eigenvalue weighted by Crippen LogP contribution is -2.64. The van der Waals surface area contributed by atoms with Crippen LogP contribution in [0.3, 0.4) is 0 Å². The van der Waals surface area contributed by atoms with Crippen molar-refractivity contribution in [2.24, 2.45) is 10.8 Å². The minimum absolute atomic E-state index is 0.225. The number of nitrogens with one attached hydrogen (secondary N) is 1. The third-order valence-corrected chi connectivity index (χ3v) is 12.3. The van der Waals surface area contributed by atoms with Gasteiger partial charge in [-0.2, -0.15) is 0 Å². The maximum Gasteiger partial charge on any atom is 0.244 e. The van der Waals surface area contributed by atoms with Crippen LogP contribution in [0, 0.1) is 10.8 Å². The van der Waals surface area contributed by atoms with Crippen molar-refractivity contribution in [2.45, 2.75) is 229 Å². The molecule has 8 atom stereocenters. The van der Waals surface area contributed by atoms with Crippen molar-refractivity contribution in [1.29, 1.82) is 0 Å². The molecule has 10 nitrogen and oxygen atoms in total. The van der Waals surface area contributed by atoms with Gasteiger partial charge in [-0.3, -0.25) is 4.79 Å². The molecule has 0 aromatic rings. The summed E-state index contributed by atoms with van der Waals surface area (Å²) in [5.74, 6) is -0.300. The fraction of sp³-hybridized carbons (Fsp3) is 0.976. The molecule has 1 amide bonds. The maximum absolute atomic E-state index is 13.0. The van der Waals surface area contributed by atoms with E-state index < -0.39 is 67.4 Å². The van der Waals surface area contributed by atoms with E-state index in [-0.39, 0.29) is 24.3 Å². The number of halogens is 2. The summed E-state index contributed by atoms with van der Waals surface area (Å²) < 4.78 is 37.2. The number of ether oxygens (including phenoxy) is 2. The van der Waals surface area contributed by atoms with Crippen LogP contribution in [0.1, 0.15) is 174 Å². The highest BCUT2D eigenvalue weighted by Gasteiger charge is 2.70. The summed E-state index contributed by atoms with van der Waals surface area (Å²) in [5.41, 5.74) is -0.408. The molecule has 0 radical (unpaired) electrons. The molecule has 1 saturated heterocycles. The fourth-order valence-corrected chi connectivity index (χ4v) is 8.97. The van der Waals surface area contributed by atoms with E-state index in [1.54, 1.807) is 0 Å². The third kappa shape index (κ3) is 15.1. The SMILES string of the molecule is CCCCCCCCCCCCCC[C@@H](O)C(O)[C@H](COC1OC(CO)C(O)C(O)C1O)NC(=O)CCCCCCCCCCC12CC(C(F)F)(C1)C2. The number of hydrogen-bond donors (Lipinski definition) is 7. The molecular weight excluding hydrogens is 688 g/mol. The minimum Gasteiger partial charge on any atom is -0.394 e. The number of alkyl halides is 2. The first-order valence-corrected chi connectivity index (χ1v) is 21.3. The number of carbonyl (C=O) groups excluding carboxylic acids is 1.